The van der Waals surface area contributed by atoms with Crippen molar-refractivity contribution in [3.05, 3.63) is 36.5 Å². The third-order valence-corrected chi connectivity index (χ3v) is 8.87. The molecule has 0 unspecified atom stereocenters. The molecule has 0 amide bonds. The number of ether oxygens (including phenoxy) is 2. The van der Waals surface area contributed by atoms with E-state index in [1.165, 1.54) is 77.0 Å². The average molecular weight is 713 g/mol. The van der Waals surface area contributed by atoms with Crippen LogP contribution in [0.5, 0.6) is 0 Å². The zero-order chi connectivity index (χ0) is 36.1. The highest BCUT2D eigenvalue weighted by Crippen LogP contribution is 2.36. The number of phosphoric ester groups is 1. The van der Waals surface area contributed by atoms with Gasteiger partial charge in [-0.3, -0.25) is 14.1 Å². The molecule has 0 saturated heterocycles. The van der Waals surface area contributed by atoms with Crippen molar-refractivity contribution < 1.29 is 37.9 Å². The van der Waals surface area contributed by atoms with E-state index >= 15 is 0 Å². The summed E-state index contributed by atoms with van der Waals surface area (Å²) in [6.07, 6.45) is 41.5. The third-order valence-electron chi connectivity index (χ3n) is 8.38. The Hall–Kier alpha value is -1.73. The van der Waals surface area contributed by atoms with Gasteiger partial charge in [0, 0.05) is 12.8 Å². The molecule has 0 bridgehead atoms. The number of allylic oxidation sites excluding steroid dienone is 6. The summed E-state index contributed by atoms with van der Waals surface area (Å²) in [5.41, 5.74) is 0. The Morgan fingerprint density at radius 1 is 0.531 bits per heavy atom. The van der Waals surface area contributed by atoms with E-state index in [9.17, 15) is 14.2 Å². The first kappa shape index (κ1) is 47.3. The molecule has 0 aliphatic rings. The molecule has 0 rings (SSSR count). The standard InChI is InChI=1S/C40H73O8P/c1-3-5-7-9-11-13-15-17-19-20-21-23-24-26-28-30-32-34-39(41)46-36-38(37-47-49(43,44)45)48-40(42)35-33-31-29-27-25-22-18-16-14-12-10-8-6-4-2/h10,12,16-19,38H,3-9,11,13-15,20-37H2,1-2H3,(H2,43,44,45)/b12-10+,18-16+,19-17+/t38-/m1/s1. The van der Waals surface area contributed by atoms with Gasteiger partial charge in [-0.1, -0.05) is 147 Å². The van der Waals surface area contributed by atoms with Crippen molar-refractivity contribution >= 4 is 19.8 Å². The molecule has 2 N–H and O–H groups in total. The molecule has 8 nitrogen and oxygen atoms in total. The van der Waals surface area contributed by atoms with Gasteiger partial charge in [0.15, 0.2) is 6.10 Å². The minimum atomic E-state index is -4.75. The van der Waals surface area contributed by atoms with E-state index in [0.29, 0.717) is 6.42 Å². The molecule has 0 aliphatic heterocycles. The van der Waals surface area contributed by atoms with E-state index in [0.717, 1.165) is 77.0 Å². The Morgan fingerprint density at radius 2 is 0.939 bits per heavy atom. The molecular weight excluding hydrogens is 639 g/mol. The van der Waals surface area contributed by atoms with Crippen LogP contribution in [0.2, 0.25) is 0 Å². The predicted molar refractivity (Wildman–Crippen MR) is 202 cm³/mol. The van der Waals surface area contributed by atoms with E-state index in [1.807, 2.05) is 0 Å². The molecule has 0 spiro atoms. The van der Waals surface area contributed by atoms with Crippen molar-refractivity contribution in [3.8, 4) is 0 Å². The molecule has 0 heterocycles. The lowest BCUT2D eigenvalue weighted by atomic mass is 10.1. The van der Waals surface area contributed by atoms with Gasteiger partial charge in [-0.15, -0.1) is 0 Å². The van der Waals surface area contributed by atoms with E-state index < -0.39 is 32.5 Å². The van der Waals surface area contributed by atoms with E-state index in [2.05, 4.69) is 54.8 Å². The van der Waals surface area contributed by atoms with Crippen LogP contribution in [0, 0.1) is 0 Å². The largest absolute Gasteiger partial charge is 0.469 e. The first-order chi connectivity index (χ1) is 23.8. The zero-order valence-electron chi connectivity index (χ0n) is 31.3. The van der Waals surface area contributed by atoms with Crippen LogP contribution in [0.25, 0.3) is 0 Å². The SMILES string of the molecule is CCCC/C=C/C/C=C/CCCCCCCC(=O)O[C@H](COC(=O)CCCCCCCCC/C=C/CCCCCCCC)COP(=O)(O)O. The molecule has 0 radical (unpaired) electrons. The van der Waals surface area contributed by atoms with Gasteiger partial charge < -0.3 is 19.3 Å². The quantitative estimate of drug-likeness (QED) is 0.0285. The molecular formula is C40H73O8P. The summed E-state index contributed by atoms with van der Waals surface area (Å²) >= 11 is 0. The maximum Gasteiger partial charge on any atom is 0.469 e. The summed E-state index contributed by atoms with van der Waals surface area (Å²) in [6, 6.07) is 0. The third kappa shape index (κ3) is 38.9. The molecule has 9 heteroatoms. The Morgan fingerprint density at radius 3 is 1.43 bits per heavy atom. The molecule has 286 valence electrons. The van der Waals surface area contributed by atoms with Gasteiger partial charge in [0.25, 0.3) is 0 Å². The Labute approximate surface area is 300 Å². The van der Waals surface area contributed by atoms with E-state index in [-0.39, 0.29) is 19.4 Å². The monoisotopic (exact) mass is 713 g/mol. The lowest BCUT2D eigenvalue weighted by Crippen LogP contribution is -2.29. The Bertz CT molecular complexity index is 895. The molecule has 0 aromatic carbocycles. The summed E-state index contributed by atoms with van der Waals surface area (Å²) in [4.78, 5) is 42.7. The predicted octanol–water partition coefficient (Wildman–Crippen LogP) is 11.8. The second-order valence-electron chi connectivity index (χ2n) is 13.2. The minimum Gasteiger partial charge on any atom is -0.462 e. The first-order valence-electron chi connectivity index (χ1n) is 19.8. The molecule has 0 aromatic heterocycles. The van der Waals surface area contributed by atoms with Crippen LogP contribution in [-0.2, 0) is 28.2 Å². The number of unbranched alkanes of at least 4 members (excludes halogenated alkanes) is 20. The number of rotatable bonds is 36. The molecule has 0 fully saturated rings. The summed E-state index contributed by atoms with van der Waals surface area (Å²) in [5, 5.41) is 0. The fraction of sp³-hybridized carbons (Fsp3) is 0.800. The van der Waals surface area contributed by atoms with Crippen LogP contribution >= 0.6 is 7.82 Å². The maximum absolute atomic E-state index is 12.4. The normalized spacial score (nSPS) is 12.8. The van der Waals surface area contributed by atoms with Gasteiger partial charge in [-0.2, -0.15) is 0 Å². The number of hydrogen-bond acceptors (Lipinski definition) is 6. The summed E-state index contributed by atoms with van der Waals surface area (Å²) in [7, 11) is -4.75. The van der Waals surface area contributed by atoms with Crippen LogP contribution in [0.3, 0.4) is 0 Å². The highest BCUT2D eigenvalue weighted by Gasteiger charge is 2.22. The molecule has 0 saturated carbocycles. The fourth-order valence-corrected chi connectivity index (χ4v) is 5.74. The van der Waals surface area contributed by atoms with Gasteiger partial charge in [0.2, 0.25) is 0 Å². The average Bonchev–Trinajstić information content (AvgIpc) is 3.07. The fourth-order valence-electron chi connectivity index (χ4n) is 5.38. The maximum atomic E-state index is 12.4. The second kappa shape index (κ2) is 36.1. The van der Waals surface area contributed by atoms with Crippen molar-refractivity contribution in [3.63, 3.8) is 0 Å². The van der Waals surface area contributed by atoms with Crippen LogP contribution in [0.4, 0.5) is 0 Å². The number of carbonyl (C=O) groups excluding carboxylic acids is 2. The second-order valence-corrected chi connectivity index (χ2v) is 14.5. The molecule has 49 heavy (non-hydrogen) atoms. The van der Waals surface area contributed by atoms with Gasteiger partial charge in [0.1, 0.15) is 6.61 Å². The Kier molecular flexibility index (Phi) is 34.8. The smallest absolute Gasteiger partial charge is 0.462 e. The minimum absolute atomic E-state index is 0.195. The van der Waals surface area contributed by atoms with Crippen molar-refractivity contribution in [1.29, 1.82) is 0 Å². The van der Waals surface area contributed by atoms with Gasteiger partial charge in [-0.25, -0.2) is 4.57 Å². The number of phosphoric acid groups is 1. The first-order valence-corrected chi connectivity index (χ1v) is 21.3. The van der Waals surface area contributed by atoms with Crippen LogP contribution < -0.4 is 0 Å². The number of esters is 2. The topological polar surface area (TPSA) is 119 Å². The number of carbonyl (C=O) groups is 2. The summed E-state index contributed by atoms with van der Waals surface area (Å²) in [6.45, 7) is 3.62. The lowest BCUT2D eigenvalue weighted by molar-refractivity contribution is -0.161. The van der Waals surface area contributed by atoms with Crippen LogP contribution in [0.15, 0.2) is 36.5 Å². The molecule has 0 aromatic rings. The zero-order valence-corrected chi connectivity index (χ0v) is 32.2. The van der Waals surface area contributed by atoms with Crippen molar-refractivity contribution in [2.45, 2.75) is 193 Å². The van der Waals surface area contributed by atoms with E-state index in [4.69, 9.17) is 19.3 Å². The van der Waals surface area contributed by atoms with Crippen molar-refractivity contribution in [2.75, 3.05) is 13.2 Å². The summed E-state index contributed by atoms with van der Waals surface area (Å²) < 4.78 is 26.3. The lowest BCUT2D eigenvalue weighted by Gasteiger charge is -2.18. The van der Waals surface area contributed by atoms with Crippen molar-refractivity contribution in [1.82, 2.24) is 0 Å². The highest BCUT2D eigenvalue weighted by molar-refractivity contribution is 7.46. The molecule has 1 atom stereocenters. The van der Waals surface area contributed by atoms with Crippen LogP contribution in [-0.4, -0.2) is 41.0 Å². The van der Waals surface area contributed by atoms with E-state index in [1.54, 1.807) is 0 Å². The van der Waals surface area contributed by atoms with Gasteiger partial charge in [-0.05, 0) is 64.2 Å². The molecule has 0 aliphatic carbocycles. The number of hydrogen-bond donors (Lipinski definition) is 2. The van der Waals surface area contributed by atoms with Crippen molar-refractivity contribution in [2.24, 2.45) is 0 Å². The van der Waals surface area contributed by atoms with Crippen LogP contribution in [0.1, 0.15) is 187 Å². The Balaban J connectivity index is 3.96. The highest BCUT2D eigenvalue weighted by atomic mass is 31.2. The summed E-state index contributed by atoms with van der Waals surface area (Å²) in [5.74, 6) is -0.905. The van der Waals surface area contributed by atoms with Gasteiger partial charge in [0.05, 0.1) is 6.61 Å². The van der Waals surface area contributed by atoms with Gasteiger partial charge >= 0.3 is 19.8 Å².